The number of fused-ring (bicyclic) bond motifs is 1. The van der Waals surface area contributed by atoms with Crippen molar-refractivity contribution in [3.05, 3.63) is 21.5 Å². The number of imidazole rings is 1. The first kappa shape index (κ1) is 17.6. The summed E-state index contributed by atoms with van der Waals surface area (Å²) in [7, 11) is 0. The van der Waals surface area contributed by atoms with Crippen LogP contribution in [0.1, 0.15) is 52.4 Å². The highest BCUT2D eigenvalue weighted by Crippen LogP contribution is 2.08. The van der Waals surface area contributed by atoms with Gasteiger partial charge >= 0.3 is 0 Å². The maximum absolute atomic E-state index is 12.7. The van der Waals surface area contributed by atoms with Gasteiger partial charge in [0.2, 0.25) is 0 Å². The minimum Gasteiger partial charge on any atom is -0.317 e. The fourth-order valence-electron chi connectivity index (χ4n) is 2.57. The fraction of sp³-hybridized carbons (Fsp3) is 0.625. The average Bonchev–Trinajstić information content (AvgIpc) is 2.90. The Kier molecular flexibility index (Phi) is 6.27. The summed E-state index contributed by atoms with van der Waals surface area (Å²) in [6, 6.07) is 0. The SMILES string of the molecule is CCCCCC(=O)Cn1cnc2[nH]c(=S)n(CCCC)c(=O)c21. The lowest BCUT2D eigenvalue weighted by Crippen LogP contribution is -2.25. The number of ketones is 1. The van der Waals surface area contributed by atoms with E-state index in [1.54, 1.807) is 15.5 Å². The van der Waals surface area contributed by atoms with Gasteiger partial charge in [-0.3, -0.25) is 14.2 Å². The molecular formula is C16H24N4O2S. The van der Waals surface area contributed by atoms with E-state index in [4.69, 9.17) is 12.2 Å². The third kappa shape index (κ3) is 4.16. The lowest BCUT2D eigenvalue weighted by atomic mass is 10.1. The Morgan fingerprint density at radius 3 is 2.70 bits per heavy atom. The van der Waals surface area contributed by atoms with Gasteiger partial charge in [0.25, 0.3) is 5.56 Å². The zero-order chi connectivity index (χ0) is 16.8. The molecule has 1 N–H and O–H groups in total. The van der Waals surface area contributed by atoms with Crippen molar-refractivity contribution >= 4 is 29.2 Å². The monoisotopic (exact) mass is 336 g/mol. The minimum atomic E-state index is -0.170. The number of unbranched alkanes of at least 4 members (excludes halogenated alkanes) is 3. The molecule has 7 heteroatoms. The normalized spacial score (nSPS) is 11.2. The van der Waals surface area contributed by atoms with E-state index >= 15 is 0 Å². The van der Waals surface area contributed by atoms with Crippen molar-refractivity contribution < 1.29 is 4.79 Å². The quantitative estimate of drug-likeness (QED) is 0.564. The summed E-state index contributed by atoms with van der Waals surface area (Å²) in [5.74, 6) is 0.125. The molecule has 126 valence electrons. The standard InChI is InChI=1S/C16H24N4O2S/c1-3-5-7-8-12(21)10-19-11-17-14-13(19)15(22)20(9-6-4-2)16(23)18-14/h11H,3-10H2,1-2H3,(H,18,23). The van der Waals surface area contributed by atoms with Crippen molar-refractivity contribution in [2.24, 2.45) is 0 Å². The molecule has 2 aromatic rings. The van der Waals surface area contributed by atoms with Crippen molar-refractivity contribution in [1.82, 2.24) is 19.1 Å². The topological polar surface area (TPSA) is 72.7 Å². The number of hydrogen-bond donors (Lipinski definition) is 1. The molecule has 0 aromatic carbocycles. The molecular weight excluding hydrogens is 312 g/mol. The Labute approximate surface area is 140 Å². The van der Waals surface area contributed by atoms with Crippen LogP contribution in [0.2, 0.25) is 0 Å². The smallest absolute Gasteiger partial charge is 0.280 e. The number of H-pyrrole nitrogens is 1. The molecule has 2 heterocycles. The molecule has 0 amide bonds. The van der Waals surface area contributed by atoms with Gasteiger partial charge in [0.15, 0.2) is 21.7 Å². The molecule has 0 aliphatic rings. The van der Waals surface area contributed by atoms with Crippen LogP contribution >= 0.6 is 12.2 Å². The van der Waals surface area contributed by atoms with E-state index in [-0.39, 0.29) is 17.9 Å². The summed E-state index contributed by atoms with van der Waals surface area (Å²) in [5.41, 5.74) is 0.712. The predicted octanol–water partition coefficient (Wildman–Crippen LogP) is 3.21. The van der Waals surface area contributed by atoms with Crippen molar-refractivity contribution in [2.75, 3.05) is 0 Å². The first-order chi connectivity index (χ1) is 11.1. The number of carbonyl (C=O) groups is 1. The van der Waals surface area contributed by atoms with Crippen LogP contribution in [0.15, 0.2) is 11.1 Å². The van der Waals surface area contributed by atoms with Gasteiger partial charge in [-0.1, -0.05) is 33.1 Å². The number of aromatic amines is 1. The molecule has 0 saturated carbocycles. The van der Waals surface area contributed by atoms with E-state index in [9.17, 15) is 9.59 Å². The summed E-state index contributed by atoms with van der Waals surface area (Å²) in [6.45, 7) is 4.94. The van der Waals surface area contributed by atoms with E-state index in [1.807, 2.05) is 0 Å². The van der Waals surface area contributed by atoms with E-state index in [0.717, 1.165) is 32.1 Å². The Morgan fingerprint density at radius 1 is 1.26 bits per heavy atom. The van der Waals surface area contributed by atoms with Gasteiger partial charge in [0, 0.05) is 13.0 Å². The molecule has 0 unspecified atom stereocenters. The number of nitrogens with one attached hydrogen (secondary N) is 1. The third-order valence-corrected chi connectivity index (χ3v) is 4.22. The average molecular weight is 336 g/mol. The van der Waals surface area contributed by atoms with E-state index in [0.29, 0.717) is 28.9 Å². The van der Waals surface area contributed by atoms with Gasteiger partial charge in [-0.05, 0) is 25.1 Å². The largest absolute Gasteiger partial charge is 0.317 e. The maximum atomic E-state index is 12.7. The zero-order valence-corrected chi connectivity index (χ0v) is 14.6. The van der Waals surface area contributed by atoms with Crippen LogP contribution in [0.3, 0.4) is 0 Å². The highest BCUT2D eigenvalue weighted by atomic mass is 32.1. The third-order valence-electron chi connectivity index (χ3n) is 3.90. The Bertz CT molecular complexity index is 787. The summed E-state index contributed by atoms with van der Waals surface area (Å²) in [6.07, 6.45) is 6.97. The first-order valence-electron chi connectivity index (χ1n) is 8.28. The molecule has 0 bridgehead atoms. The molecule has 0 atom stereocenters. The molecule has 0 aliphatic carbocycles. The van der Waals surface area contributed by atoms with Crippen LogP contribution in [-0.2, 0) is 17.9 Å². The Morgan fingerprint density at radius 2 is 2.00 bits per heavy atom. The van der Waals surface area contributed by atoms with Crippen molar-refractivity contribution in [2.45, 2.75) is 65.5 Å². The molecule has 0 radical (unpaired) electrons. The van der Waals surface area contributed by atoms with Gasteiger partial charge in [0.05, 0.1) is 12.9 Å². The first-order valence-corrected chi connectivity index (χ1v) is 8.69. The summed E-state index contributed by atoms with van der Waals surface area (Å²) in [5, 5.41) is 0. The molecule has 6 nitrogen and oxygen atoms in total. The second kappa shape index (κ2) is 8.19. The van der Waals surface area contributed by atoms with Crippen molar-refractivity contribution in [3.8, 4) is 0 Å². The number of nitrogens with zero attached hydrogens (tertiary/aromatic N) is 3. The van der Waals surface area contributed by atoms with Crippen LogP contribution in [0, 0.1) is 4.77 Å². The van der Waals surface area contributed by atoms with Crippen LogP contribution in [0.5, 0.6) is 0 Å². The summed E-state index contributed by atoms with van der Waals surface area (Å²) in [4.78, 5) is 31.9. The lowest BCUT2D eigenvalue weighted by molar-refractivity contribution is -0.119. The van der Waals surface area contributed by atoms with Crippen molar-refractivity contribution in [1.29, 1.82) is 0 Å². The molecule has 0 aliphatic heterocycles. The second-order valence-electron chi connectivity index (χ2n) is 5.81. The van der Waals surface area contributed by atoms with Gasteiger partial charge < -0.3 is 9.55 Å². The summed E-state index contributed by atoms with van der Waals surface area (Å²) >= 11 is 5.24. The second-order valence-corrected chi connectivity index (χ2v) is 6.19. The molecule has 2 rings (SSSR count). The molecule has 23 heavy (non-hydrogen) atoms. The number of rotatable bonds is 9. The number of Topliss-reactive ketones (excluding diaryl/α,β-unsaturated/α-hetero) is 1. The zero-order valence-electron chi connectivity index (χ0n) is 13.8. The number of carbonyl (C=O) groups excluding carboxylic acids is 1. The minimum absolute atomic E-state index is 0.125. The lowest BCUT2D eigenvalue weighted by Gasteiger charge is -2.07. The van der Waals surface area contributed by atoms with Crippen LogP contribution < -0.4 is 5.56 Å². The van der Waals surface area contributed by atoms with Gasteiger partial charge in [0.1, 0.15) is 0 Å². The van der Waals surface area contributed by atoms with Crippen LogP contribution in [0.4, 0.5) is 0 Å². The molecule has 0 saturated heterocycles. The van der Waals surface area contributed by atoms with Gasteiger partial charge in [-0.15, -0.1) is 0 Å². The highest BCUT2D eigenvalue weighted by molar-refractivity contribution is 7.71. The summed E-state index contributed by atoms with van der Waals surface area (Å²) < 4.78 is 3.58. The van der Waals surface area contributed by atoms with Crippen LogP contribution in [0.25, 0.3) is 11.2 Å². The number of aromatic nitrogens is 4. The van der Waals surface area contributed by atoms with Crippen molar-refractivity contribution in [3.63, 3.8) is 0 Å². The molecule has 0 fully saturated rings. The fourth-order valence-corrected chi connectivity index (χ4v) is 2.84. The van der Waals surface area contributed by atoms with E-state index in [1.165, 1.54) is 0 Å². The molecule has 0 spiro atoms. The van der Waals surface area contributed by atoms with Gasteiger partial charge in [-0.2, -0.15) is 0 Å². The maximum Gasteiger partial charge on any atom is 0.280 e. The predicted molar refractivity (Wildman–Crippen MR) is 93.2 cm³/mol. The van der Waals surface area contributed by atoms with E-state index < -0.39 is 0 Å². The Hall–Kier alpha value is -1.76. The molecule has 2 aromatic heterocycles. The van der Waals surface area contributed by atoms with E-state index in [2.05, 4.69) is 23.8 Å². The highest BCUT2D eigenvalue weighted by Gasteiger charge is 2.13. The Balaban J connectivity index is 2.30. The number of hydrogen-bond acceptors (Lipinski definition) is 4. The van der Waals surface area contributed by atoms with Crippen LogP contribution in [-0.4, -0.2) is 24.9 Å². The van der Waals surface area contributed by atoms with Gasteiger partial charge in [-0.25, -0.2) is 4.98 Å².